The molecule has 0 bridgehead atoms. The van der Waals surface area contributed by atoms with Crippen LogP contribution in [0.4, 0.5) is 0 Å². The predicted octanol–water partition coefficient (Wildman–Crippen LogP) is 0.0381. The molecule has 2 heterocycles. The number of rotatable bonds is 4. The lowest BCUT2D eigenvalue weighted by atomic mass is 10.2. The quantitative estimate of drug-likeness (QED) is 0.785. The van der Waals surface area contributed by atoms with E-state index in [1.54, 1.807) is 11.8 Å². The summed E-state index contributed by atoms with van der Waals surface area (Å²) in [4.78, 5) is 12.7. The van der Waals surface area contributed by atoms with Crippen molar-refractivity contribution in [1.82, 2.24) is 4.90 Å². The molecule has 0 aromatic carbocycles. The number of ether oxygens (including phenoxy) is 1. The standard InChI is InChI=1S/C11H19NO5S2/c1-19(15,16)10-7-18-5-4-12(10)6-8-2-3-9(17-8)11(13)14/h8-10H,2-7H2,1H3,(H,13,14). The van der Waals surface area contributed by atoms with Crippen molar-refractivity contribution in [2.75, 3.05) is 30.9 Å². The van der Waals surface area contributed by atoms with Crippen molar-refractivity contribution in [2.45, 2.75) is 30.4 Å². The lowest BCUT2D eigenvalue weighted by Gasteiger charge is -2.35. The second kappa shape index (κ2) is 5.99. The van der Waals surface area contributed by atoms with Crippen LogP contribution in [0, 0.1) is 0 Å². The minimum Gasteiger partial charge on any atom is -0.479 e. The molecule has 0 saturated carbocycles. The van der Waals surface area contributed by atoms with E-state index >= 15 is 0 Å². The van der Waals surface area contributed by atoms with E-state index in [9.17, 15) is 13.2 Å². The van der Waals surface area contributed by atoms with Crippen LogP contribution in [0.5, 0.6) is 0 Å². The molecule has 2 fully saturated rings. The largest absolute Gasteiger partial charge is 0.479 e. The van der Waals surface area contributed by atoms with Crippen LogP contribution in [-0.2, 0) is 19.4 Å². The Balaban J connectivity index is 1.96. The second-order valence-corrected chi connectivity index (χ2v) is 8.37. The van der Waals surface area contributed by atoms with Crippen LogP contribution in [-0.4, -0.2) is 72.8 Å². The van der Waals surface area contributed by atoms with Crippen LogP contribution in [0.2, 0.25) is 0 Å². The molecule has 2 saturated heterocycles. The zero-order valence-corrected chi connectivity index (χ0v) is 12.5. The molecule has 0 radical (unpaired) electrons. The van der Waals surface area contributed by atoms with Crippen molar-refractivity contribution in [1.29, 1.82) is 0 Å². The van der Waals surface area contributed by atoms with Crippen LogP contribution >= 0.6 is 11.8 Å². The molecule has 0 aliphatic carbocycles. The van der Waals surface area contributed by atoms with E-state index in [0.29, 0.717) is 31.7 Å². The molecule has 6 nitrogen and oxygen atoms in total. The normalized spacial score (nSPS) is 33.4. The average Bonchev–Trinajstić information content (AvgIpc) is 2.77. The highest BCUT2D eigenvalue weighted by Gasteiger charge is 2.36. The third-order valence-corrected chi connectivity index (χ3v) is 6.19. The Morgan fingerprint density at radius 1 is 1.47 bits per heavy atom. The summed E-state index contributed by atoms with van der Waals surface area (Å²) < 4.78 is 28.9. The maximum absolute atomic E-state index is 11.8. The topological polar surface area (TPSA) is 83.9 Å². The van der Waals surface area contributed by atoms with Crippen molar-refractivity contribution < 1.29 is 23.1 Å². The van der Waals surface area contributed by atoms with Gasteiger partial charge in [0, 0.05) is 30.9 Å². The van der Waals surface area contributed by atoms with Gasteiger partial charge >= 0.3 is 5.97 Å². The van der Waals surface area contributed by atoms with Gasteiger partial charge in [-0.2, -0.15) is 11.8 Å². The van der Waals surface area contributed by atoms with Gasteiger partial charge in [0.2, 0.25) is 0 Å². The number of carbonyl (C=O) groups is 1. The highest BCUT2D eigenvalue weighted by Crippen LogP contribution is 2.25. The number of hydrogen-bond donors (Lipinski definition) is 1. The molecule has 3 unspecified atom stereocenters. The van der Waals surface area contributed by atoms with Crippen LogP contribution < -0.4 is 0 Å². The average molecular weight is 309 g/mol. The molecule has 0 aromatic heterocycles. The van der Waals surface area contributed by atoms with Crippen LogP contribution in [0.1, 0.15) is 12.8 Å². The van der Waals surface area contributed by atoms with Gasteiger partial charge in [0.1, 0.15) is 5.37 Å². The summed E-state index contributed by atoms with van der Waals surface area (Å²) in [6, 6.07) is 0. The van der Waals surface area contributed by atoms with E-state index in [2.05, 4.69) is 0 Å². The molecule has 19 heavy (non-hydrogen) atoms. The smallest absolute Gasteiger partial charge is 0.332 e. The molecule has 110 valence electrons. The van der Waals surface area contributed by atoms with Gasteiger partial charge in [-0.25, -0.2) is 13.2 Å². The van der Waals surface area contributed by atoms with Crippen molar-refractivity contribution in [3.8, 4) is 0 Å². The second-order valence-electron chi connectivity index (χ2n) is 5.02. The Hall–Kier alpha value is -0.310. The van der Waals surface area contributed by atoms with Gasteiger partial charge in [-0.3, -0.25) is 4.90 Å². The lowest BCUT2D eigenvalue weighted by Crippen LogP contribution is -2.49. The van der Waals surface area contributed by atoms with Crippen molar-refractivity contribution >= 4 is 27.6 Å². The van der Waals surface area contributed by atoms with Crippen molar-refractivity contribution in [3.63, 3.8) is 0 Å². The van der Waals surface area contributed by atoms with Crippen LogP contribution in [0.3, 0.4) is 0 Å². The number of hydrogen-bond acceptors (Lipinski definition) is 6. The van der Waals surface area contributed by atoms with Crippen LogP contribution in [0.25, 0.3) is 0 Å². The fourth-order valence-corrected chi connectivity index (χ4v) is 5.46. The Kier molecular flexibility index (Phi) is 4.75. The molecule has 1 N–H and O–H groups in total. The zero-order chi connectivity index (χ0) is 14.0. The minimum absolute atomic E-state index is 0.173. The van der Waals surface area contributed by atoms with Gasteiger partial charge in [0.05, 0.1) is 6.10 Å². The number of aliphatic carboxylic acids is 1. The van der Waals surface area contributed by atoms with E-state index in [1.807, 2.05) is 4.90 Å². The Morgan fingerprint density at radius 2 is 2.21 bits per heavy atom. The highest BCUT2D eigenvalue weighted by molar-refractivity contribution is 8.00. The molecule has 8 heteroatoms. The summed E-state index contributed by atoms with van der Waals surface area (Å²) in [6.45, 7) is 1.21. The zero-order valence-electron chi connectivity index (χ0n) is 10.8. The number of thioether (sulfide) groups is 1. The first-order valence-electron chi connectivity index (χ1n) is 6.27. The third-order valence-electron chi connectivity index (χ3n) is 3.51. The first kappa shape index (κ1) is 15.1. The summed E-state index contributed by atoms with van der Waals surface area (Å²) >= 11 is 1.64. The molecule has 0 spiro atoms. The summed E-state index contributed by atoms with van der Waals surface area (Å²) in [5.74, 6) is 0.547. The van der Waals surface area contributed by atoms with Gasteiger partial charge in [-0.15, -0.1) is 0 Å². The summed E-state index contributed by atoms with van der Waals surface area (Å²) in [7, 11) is -3.11. The summed E-state index contributed by atoms with van der Waals surface area (Å²) in [5.41, 5.74) is 0. The summed E-state index contributed by atoms with van der Waals surface area (Å²) in [6.07, 6.45) is 1.53. The van der Waals surface area contributed by atoms with Gasteiger partial charge in [0.25, 0.3) is 0 Å². The molecule has 0 amide bonds. The first-order valence-corrected chi connectivity index (χ1v) is 9.38. The van der Waals surface area contributed by atoms with E-state index in [0.717, 1.165) is 5.75 Å². The number of nitrogens with zero attached hydrogens (tertiary/aromatic N) is 1. The summed E-state index contributed by atoms with van der Waals surface area (Å²) in [5, 5.41) is 8.41. The predicted molar refractivity (Wildman–Crippen MR) is 73.1 cm³/mol. The van der Waals surface area contributed by atoms with Crippen molar-refractivity contribution in [2.24, 2.45) is 0 Å². The van der Waals surface area contributed by atoms with Gasteiger partial charge < -0.3 is 9.84 Å². The molecule has 3 atom stereocenters. The monoisotopic (exact) mass is 309 g/mol. The fraction of sp³-hybridized carbons (Fsp3) is 0.909. The van der Waals surface area contributed by atoms with Gasteiger partial charge in [0.15, 0.2) is 15.9 Å². The third kappa shape index (κ3) is 3.84. The maximum atomic E-state index is 11.8. The minimum atomic E-state index is -3.11. The van der Waals surface area contributed by atoms with Crippen molar-refractivity contribution in [3.05, 3.63) is 0 Å². The van der Waals surface area contributed by atoms with Gasteiger partial charge in [-0.05, 0) is 12.8 Å². The fourth-order valence-electron chi connectivity index (χ4n) is 2.50. The molecular weight excluding hydrogens is 290 g/mol. The Morgan fingerprint density at radius 3 is 2.79 bits per heavy atom. The van der Waals surface area contributed by atoms with E-state index < -0.39 is 27.3 Å². The molecule has 2 rings (SSSR count). The molecular formula is C11H19NO5S2. The van der Waals surface area contributed by atoms with E-state index in [1.165, 1.54) is 6.26 Å². The van der Waals surface area contributed by atoms with E-state index in [-0.39, 0.29) is 6.10 Å². The Labute approximate surface area is 117 Å². The van der Waals surface area contributed by atoms with Crippen LogP contribution in [0.15, 0.2) is 0 Å². The molecule has 0 aromatic rings. The SMILES string of the molecule is CS(=O)(=O)C1CSCCN1CC1CCC(C(=O)O)O1. The van der Waals surface area contributed by atoms with Gasteiger partial charge in [-0.1, -0.05) is 0 Å². The Bertz CT molecular complexity index is 438. The molecule has 2 aliphatic heterocycles. The first-order chi connectivity index (χ1) is 8.88. The lowest BCUT2D eigenvalue weighted by molar-refractivity contribution is -0.149. The number of sulfone groups is 1. The maximum Gasteiger partial charge on any atom is 0.332 e. The van der Waals surface area contributed by atoms with E-state index in [4.69, 9.17) is 9.84 Å². The number of carboxylic acids is 1. The molecule has 2 aliphatic rings. The highest BCUT2D eigenvalue weighted by atomic mass is 32.2. The number of carboxylic acid groups (broad SMARTS) is 1.